The number of esters is 1. The van der Waals surface area contributed by atoms with E-state index in [0.29, 0.717) is 17.0 Å². The Morgan fingerprint density at radius 2 is 1.64 bits per heavy atom. The number of nitrogens with one attached hydrogen (secondary N) is 1. The Balaban J connectivity index is 1.46. The van der Waals surface area contributed by atoms with Gasteiger partial charge in [-0.25, -0.2) is 4.79 Å². The Bertz CT molecular complexity index is 1030. The zero-order chi connectivity index (χ0) is 19.9. The van der Waals surface area contributed by atoms with Crippen molar-refractivity contribution in [3.05, 3.63) is 72.3 Å². The fourth-order valence-corrected chi connectivity index (χ4v) is 2.60. The number of ether oxygens (including phenoxy) is 2. The molecule has 0 aliphatic heterocycles. The summed E-state index contributed by atoms with van der Waals surface area (Å²) >= 11 is 0. The average Bonchev–Trinajstić information content (AvgIpc) is 2.71. The zero-order valence-electron chi connectivity index (χ0n) is 15.3. The van der Waals surface area contributed by atoms with Gasteiger partial charge in [0.1, 0.15) is 5.75 Å². The third-order valence-electron chi connectivity index (χ3n) is 3.99. The van der Waals surface area contributed by atoms with Crippen LogP contribution in [0.15, 0.2) is 66.7 Å². The average molecular weight is 377 g/mol. The van der Waals surface area contributed by atoms with E-state index in [9.17, 15) is 14.4 Å². The highest BCUT2D eigenvalue weighted by molar-refractivity contribution is 5.96. The van der Waals surface area contributed by atoms with Gasteiger partial charge in [-0.3, -0.25) is 9.59 Å². The highest BCUT2D eigenvalue weighted by Crippen LogP contribution is 2.18. The number of anilines is 1. The van der Waals surface area contributed by atoms with Gasteiger partial charge in [-0.1, -0.05) is 42.5 Å². The molecular weight excluding hydrogens is 358 g/mol. The molecule has 3 rings (SSSR count). The Hall–Kier alpha value is -3.67. The number of ketones is 1. The minimum Gasteiger partial charge on any atom is -0.482 e. The first-order valence-electron chi connectivity index (χ1n) is 8.69. The minimum atomic E-state index is -0.679. The molecule has 6 nitrogen and oxygen atoms in total. The monoisotopic (exact) mass is 377 g/mol. The third-order valence-corrected chi connectivity index (χ3v) is 3.99. The van der Waals surface area contributed by atoms with E-state index < -0.39 is 18.5 Å². The van der Waals surface area contributed by atoms with Crippen molar-refractivity contribution in [3.8, 4) is 5.75 Å². The van der Waals surface area contributed by atoms with Crippen LogP contribution in [0.5, 0.6) is 5.75 Å². The highest BCUT2D eigenvalue weighted by Gasteiger charge is 2.10. The summed E-state index contributed by atoms with van der Waals surface area (Å²) in [6.07, 6.45) is 0. The minimum absolute atomic E-state index is 0.0987. The molecule has 3 aromatic carbocycles. The summed E-state index contributed by atoms with van der Waals surface area (Å²) < 4.78 is 10.2. The number of benzene rings is 3. The third kappa shape index (κ3) is 5.17. The molecule has 6 heteroatoms. The number of hydrogen-bond acceptors (Lipinski definition) is 5. The van der Waals surface area contributed by atoms with Gasteiger partial charge in [-0.15, -0.1) is 0 Å². The highest BCUT2D eigenvalue weighted by atomic mass is 16.6. The Kier molecular flexibility index (Phi) is 6.01. The molecule has 0 aliphatic rings. The van der Waals surface area contributed by atoms with Crippen molar-refractivity contribution in [2.45, 2.75) is 6.92 Å². The molecule has 142 valence electrons. The Morgan fingerprint density at radius 1 is 0.857 bits per heavy atom. The maximum atomic E-state index is 12.0. The second-order valence-corrected chi connectivity index (χ2v) is 6.14. The van der Waals surface area contributed by atoms with Gasteiger partial charge in [-0.2, -0.15) is 0 Å². The van der Waals surface area contributed by atoms with E-state index in [4.69, 9.17) is 9.47 Å². The molecule has 1 N–H and O–H groups in total. The summed E-state index contributed by atoms with van der Waals surface area (Å²) in [6.45, 7) is 0.675. The molecule has 0 aliphatic carbocycles. The van der Waals surface area contributed by atoms with E-state index in [1.807, 2.05) is 36.4 Å². The predicted molar refractivity (Wildman–Crippen MR) is 105 cm³/mol. The van der Waals surface area contributed by atoms with Crippen LogP contribution in [0.25, 0.3) is 10.8 Å². The normalized spacial score (nSPS) is 10.3. The fraction of sp³-hybridized carbons (Fsp3) is 0.136. The molecule has 0 spiro atoms. The molecule has 0 heterocycles. The molecule has 0 aromatic heterocycles. The molecule has 3 aromatic rings. The number of amides is 1. The van der Waals surface area contributed by atoms with Crippen LogP contribution >= 0.6 is 0 Å². The van der Waals surface area contributed by atoms with E-state index in [-0.39, 0.29) is 12.4 Å². The molecule has 0 bridgehead atoms. The molecule has 0 radical (unpaired) electrons. The van der Waals surface area contributed by atoms with Gasteiger partial charge in [0, 0.05) is 11.3 Å². The molecule has 1 amide bonds. The van der Waals surface area contributed by atoms with Crippen LogP contribution < -0.4 is 10.1 Å². The summed E-state index contributed by atoms with van der Waals surface area (Å²) in [7, 11) is 0. The van der Waals surface area contributed by atoms with Gasteiger partial charge in [-0.05, 0) is 42.0 Å². The zero-order valence-corrected chi connectivity index (χ0v) is 15.3. The number of carbonyl (C=O) groups is 3. The van der Waals surface area contributed by atoms with E-state index in [2.05, 4.69) is 5.32 Å². The lowest BCUT2D eigenvalue weighted by atomic mass is 10.1. The summed E-state index contributed by atoms with van der Waals surface area (Å²) in [5.41, 5.74) is 1.11. The van der Waals surface area contributed by atoms with Crippen LogP contribution in [-0.4, -0.2) is 30.9 Å². The van der Waals surface area contributed by atoms with Crippen molar-refractivity contribution in [1.29, 1.82) is 0 Å². The molecule has 0 atom stereocenters. The van der Waals surface area contributed by atoms with Gasteiger partial charge in [0.25, 0.3) is 5.91 Å². The van der Waals surface area contributed by atoms with Crippen LogP contribution in [0.2, 0.25) is 0 Å². The maximum absolute atomic E-state index is 12.0. The summed E-state index contributed by atoms with van der Waals surface area (Å²) in [4.78, 5) is 35.1. The van der Waals surface area contributed by atoms with Gasteiger partial charge >= 0.3 is 5.97 Å². The molecule has 0 fully saturated rings. The predicted octanol–water partition coefficient (Wildman–Crippen LogP) is 3.60. The number of carbonyl (C=O) groups excluding carboxylic acids is 3. The Morgan fingerprint density at radius 3 is 2.43 bits per heavy atom. The van der Waals surface area contributed by atoms with Gasteiger partial charge < -0.3 is 14.8 Å². The molecule has 0 unspecified atom stereocenters. The summed E-state index contributed by atoms with van der Waals surface area (Å²) in [5.74, 6) is -0.840. The smallest absolute Gasteiger partial charge is 0.344 e. The molecule has 0 saturated heterocycles. The maximum Gasteiger partial charge on any atom is 0.344 e. The topological polar surface area (TPSA) is 81.7 Å². The lowest BCUT2D eigenvalue weighted by Crippen LogP contribution is -2.23. The van der Waals surface area contributed by atoms with Crippen molar-refractivity contribution < 1.29 is 23.9 Å². The quantitative estimate of drug-likeness (QED) is 0.502. The van der Waals surface area contributed by atoms with Gasteiger partial charge in [0.2, 0.25) is 0 Å². The van der Waals surface area contributed by atoms with E-state index in [0.717, 1.165) is 10.8 Å². The van der Waals surface area contributed by atoms with Crippen LogP contribution in [0.4, 0.5) is 5.69 Å². The number of fused-ring (bicyclic) bond motifs is 1. The second kappa shape index (κ2) is 8.81. The van der Waals surface area contributed by atoms with Gasteiger partial charge in [0.15, 0.2) is 19.0 Å². The SMILES string of the molecule is CC(=O)c1cccc(OCC(=O)OCC(=O)Nc2ccc3ccccc3c2)c1. The first-order valence-corrected chi connectivity index (χ1v) is 8.69. The van der Waals surface area contributed by atoms with Crippen molar-refractivity contribution in [2.75, 3.05) is 18.5 Å². The van der Waals surface area contributed by atoms with Crippen molar-refractivity contribution in [1.82, 2.24) is 0 Å². The second-order valence-electron chi connectivity index (χ2n) is 6.14. The van der Waals surface area contributed by atoms with Crippen LogP contribution in [-0.2, 0) is 14.3 Å². The van der Waals surface area contributed by atoms with E-state index in [1.165, 1.54) is 6.92 Å². The molecular formula is C22H19NO5. The van der Waals surface area contributed by atoms with E-state index >= 15 is 0 Å². The van der Waals surface area contributed by atoms with Crippen molar-refractivity contribution in [2.24, 2.45) is 0 Å². The Labute approximate surface area is 162 Å². The lowest BCUT2D eigenvalue weighted by Gasteiger charge is -2.09. The van der Waals surface area contributed by atoms with Crippen LogP contribution in [0, 0.1) is 0 Å². The first-order chi connectivity index (χ1) is 13.5. The number of Topliss-reactive ketones (excluding diaryl/α,β-unsaturated/α-hetero) is 1. The summed E-state index contributed by atoms with van der Waals surface area (Å²) in [6, 6.07) is 19.8. The lowest BCUT2D eigenvalue weighted by molar-refractivity contribution is -0.149. The number of rotatable bonds is 7. The van der Waals surface area contributed by atoms with Crippen molar-refractivity contribution >= 4 is 34.1 Å². The standard InChI is InChI=1S/C22H19NO5/c1-15(24)17-7-4-8-20(12-17)27-14-22(26)28-13-21(25)23-19-10-9-16-5-2-3-6-18(16)11-19/h2-12H,13-14H2,1H3,(H,23,25). The van der Waals surface area contributed by atoms with Gasteiger partial charge in [0.05, 0.1) is 0 Å². The largest absolute Gasteiger partial charge is 0.482 e. The molecule has 28 heavy (non-hydrogen) atoms. The van der Waals surface area contributed by atoms with Crippen molar-refractivity contribution in [3.63, 3.8) is 0 Å². The fourth-order valence-electron chi connectivity index (χ4n) is 2.60. The van der Waals surface area contributed by atoms with Crippen LogP contribution in [0.1, 0.15) is 17.3 Å². The molecule has 0 saturated carbocycles. The van der Waals surface area contributed by atoms with E-state index in [1.54, 1.807) is 30.3 Å². The number of hydrogen-bond donors (Lipinski definition) is 1. The first kappa shape index (κ1) is 19.1. The van der Waals surface area contributed by atoms with Crippen LogP contribution in [0.3, 0.4) is 0 Å². The summed E-state index contributed by atoms with van der Waals surface area (Å²) in [5, 5.41) is 4.75.